The summed E-state index contributed by atoms with van der Waals surface area (Å²) in [4.78, 5) is 0. The number of hydrogen-bond donors (Lipinski definition) is 1. The first-order valence-corrected chi connectivity index (χ1v) is 5.28. The minimum atomic E-state index is 0.578. The van der Waals surface area contributed by atoms with Crippen molar-refractivity contribution >= 4 is 17.3 Å². The van der Waals surface area contributed by atoms with Crippen molar-refractivity contribution in [3.63, 3.8) is 0 Å². The second kappa shape index (κ2) is 6.53. The molecule has 0 saturated carbocycles. The number of halogens is 1. The topological polar surface area (TPSA) is 44.5 Å². The molecule has 1 aromatic rings. The molecule has 0 bridgehead atoms. The number of rotatable bonds is 6. The summed E-state index contributed by atoms with van der Waals surface area (Å²) in [5.41, 5.74) is 6.31. The van der Waals surface area contributed by atoms with Crippen LogP contribution in [-0.4, -0.2) is 20.3 Å². The molecular formula is C11H16ClNO2. The third-order valence-corrected chi connectivity index (χ3v) is 2.21. The summed E-state index contributed by atoms with van der Waals surface area (Å²) in [5, 5.41) is 0.624. The molecule has 15 heavy (non-hydrogen) atoms. The average Bonchev–Trinajstić information content (AvgIpc) is 2.20. The Morgan fingerprint density at radius 2 is 2.00 bits per heavy atom. The first-order valence-electron chi connectivity index (χ1n) is 4.91. The lowest BCUT2D eigenvalue weighted by molar-refractivity contribution is 0.184. The largest absolute Gasteiger partial charge is 0.491 e. The predicted octanol–water partition coefficient (Wildman–Crippen LogP) is 2.73. The third-order valence-electron chi connectivity index (χ3n) is 1.97. The van der Waals surface area contributed by atoms with Crippen LogP contribution in [0.3, 0.4) is 0 Å². The zero-order valence-electron chi connectivity index (χ0n) is 8.83. The highest BCUT2D eigenvalue weighted by Crippen LogP contribution is 2.24. The van der Waals surface area contributed by atoms with E-state index < -0.39 is 0 Å². The zero-order chi connectivity index (χ0) is 11.1. The van der Waals surface area contributed by atoms with Crippen LogP contribution in [0.15, 0.2) is 18.2 Å². The van der Waals surface area contributed by atoms with Crippen LogP contribution in [0.4, 0.5) is 5.69 Å². The van der Waals surface area contributed by atoms with E-state index in [1.54, 1.807) is 25.3 Å². The Balaban J connectivity index is 2.31. The lowest BCUT2D eigenvalue weighted by atomic mass is 10.3. The van der Waals surface area contributed by atoms with E-state index in [4.69, 9.17) is 26.8 Å². The molecule has 0 aliphatic rings. The van der Waals surface area contributed by atoms with Crippen molar-refractivity contribution in [2.24, 2.45) is 0 Å². The van der Waals surface area contributed by atoms with E-state index in [-0.39, 0.29) is 0 Å². The summed E-state index contributed by atoms with van der Waals surface area (Å²) in [7, 11) is 1.69. The van der Waals surface area contributed by atoms with Gasteiger partial charge in [0.1, 0.15) is 5.75 Å². The summed E-state index contributed by atoms with van der Waals surface area (Å²) in [6.07, 6.45) is 1.94. The quantitative estimate of drug-likeness (QED) is 0.603. The molecule has 0 heterocycles. The maximum absolute atomic E-state index is 5.77. The molecule has 0 aliphatic carbocycles. The fraction of sp³-hybridized carbons (Fsp3) is 0.455. The zero-order valence-corrected chi connectivity index (χ0v) is 9.59. The fourth-order valence-corrected chi connectivity index (χ4v) is 1.36. The Labute approximate surface area is 95.1 Å². The van der Waals surface area contributed by atoms with Crippen LogP contribution in [0.25, 0.3) is 0 Å². The van der Waals surface area contributed by atoms with Gasteiger partial charge in [0, 0.05) is 18.7 Å². The van der Waals surface area contributed by atoms with E-state index in [0.29, 0.717) is 23.1 Å². The number of methoxy groups -OCH3 is 1. The van der Waals surface area contributed by atoms with Crippen molar-refractivity contribution in [2.45, 2.75) is 12.8 Å². The molecule has 0 fully saturated rings. The van der Waals surface area contributed by atoms with Crippen LogP contribution in [0, 0.1) is 0 Å². The summed E-state index contributed by atoms with van der Waals surface area (Å²) >= 11 is 5.77. The first-order chi connectivity index (χ1) is 7.24. The van der Waals surface area contributed by atoms with Crippen molar-refractivity contribution in [3.05, 3.63) is 23.2 Å². The number of benzene rings is 1. The second-order valence-electron chi connectivity index (χ2n) is 3.23. The summed E-state index contributed by atoms with van der Waals surface area (Å²) < 4.78 is 10.4. The van der Waals surface area contributed by atoms with Gasteiger partial charge >= 0.3 is 0 Å². The molecule has 2 N–H and O–H groups in total. The molecule has 1 aromatic carbocycles. The molecule has 0 saturated heterocycles. The molecule has 0 spiro atoms. The molecule has 0 aliphatic heterocycles. The highest BCUT2D eigenvalue weighted by Gasteiger charge is 2.00. The van der Waals surface area contributed by atoms with Gasteiger partial charge in [0.25, 0.3) is 0 Å². The second-order valence-corrected chi connectivity index (χ2v) is 3.67. The van der Waals surface area contributed by atoms with Crippen molar-refractivity contribution in [3.8, 4) is 5.75 Å². The maximum atomic E-state index is 5.77. The smallest absolute Gasteiger partial charge is 0.142 e. The van der Waals surface area contributed by atoms with Gasteiger partial charge < -0.3 is 15.2 Å². The monoisotopic (exact) mass is 229 g/mol. The van der Waals surface area contributed by atoms with Crippen LogP contribution in [0.2, 0.25) is 5.02 Å². The van der Waals surface area contributed by atoms with Gasteiger partial charge in [0.05, 0.1) is 12.3 Å². The number of ether oxygens (including phenoxy) is 2. The van der Waals surface area contributed by atoms with Crippen molar-refractivity contribution < 1.29 is 9.47 Å². The normalized spacial score (nSPS) is 10.3. The van der Waals surface area contributed by atoms with Gasteiger partial charge in [-0.1, -0.05) is 11.6 Å². The predicted molar refractivity (Wildman–Crippen MR) is 62.5 cm³/mol. The Bertz CT molecular complexity index is 305. The van der Waals surface area contributed by atoms with Crippen LogP contribution >= 0.6 is 11.6 Å². The highest BCUT2D eigenvalue weighted by atomic mass is 35.5. The Hall–Kier alpha value is -0.930. The van der Waals surface area contributed by atoms with Gasteiger partial charge in [-0.25, -0.2) is 0 Å². The van der Waals surface area contributed by atoms with Gasteiger partial charge in [0.15, 0.2) is 0 Å². The van der Waals surface area contributed by atoms with Crippen LogP contribution in [0.5, 0.6) is 5.75 Å². The molecule has 3 nitrogen and oxygen atoms in total. The molecular weight excluding hydrogens is 214 g/mol. The lowest BCUT2D eigenvalue weighted by Crippen LogP contribution is -2.01. The summed E-state index contributed by atoms with van der Waals surface area (Å²) in [6.45, 7) is 1.41. The molecule has 0 unspecified atom stereocenters. The Morgan fingerprint density at radius 3 is 2.67 bits per heavy atom. The summed E-state index contributed by atoms with van der Waals surface area (Å²) in [5.74, 6) is 0.691. The van der Waals surface area contributed by atoms with E-state index in [1.807, 2.05) is 0 Å². The van der Waals surface area contributed by atoms with E-state index in [2.05, 4.69) is 0 Å². The molecule has 84 valence electrons. The fourth-order valence-electron chi connectivity index (χ4n) is 1.18. The number of nitrogens with two attached hydrogens (primary N) is 1. The summed E-state index contributed by atoms with van der Waals surface area (Å²) in [6, 6.07) is 5.24. The van der Waals surface area contributed by atoms with Crippen molar-refractivity contribution in [2.75, 3.05) is 26.1 Å². The molecule has 1 rings (SSSR count). The molecule has 0 radical (unpaired) electrons. The molecule has 0 aromatic heterocycles. The van der Waals surface area contributed by atoms with E-state index in [9.17, 15) is 0 Å². The Kier molecular flexibility index (Phi) is 5.29. The number of nitrogen functional groups attached to an aromatic ring is 1. The van der Waals surface area contributed by atoms with Crippen molar-refractivity contribution in [1.82, 2.24) is 0 Å². The van der Waals surface area contributed by atoms with Crippen LogP contribution < -0.4 is 10.5 Å². The van der Waals surface area contributed by atoms with Crippen LogP contribution in [-0.2, 0) is 4.74 Å². The van der Waals surface area contributed by atoms with Gasteiger partial charge in [-0.15, -0.1) is 0 Å². The third kappa shape index (κ3) is 4.40. The van der Waals surface area contributed by atoms with Crippen molar-refractivity contribution in [1.29, 1.82) is 0 Å². The standard InChI is InChI=1S/C11H16ClNO2/c1-14-6-2-3-7-15-11-5-4-9(12)8-10(11)13/h4-5,8H,2-3,6-7,13H2,1H3. The number of anilines is 1. The molecule has 0 amide bonds. The molecule has 0 atom stereocenters. The highest BCUT2D eigenvalue weighted by molar-refractivity contribution is 6.30. The maximum Gasteiger partial charge on any atom is 0.142 e. The van der Waals surface area contributed by atoms with Gasteiger partial charge in [-0.2, -0.15) is 0 Å². The number of hydrogen-bond acceptors (Lipinski definition) is 3. The van der Waals surface area contributed by atoms with Crippen LogP contribution in [0.1, 0.15) is 12.8 Å². The Morgan fingerprint density at radius 1 is 1.27 bits per heavy atom. The number of unbranched alkanes of at least 4 members (excludes halogenated alkanes) is 1. The SMILES string of the molecule is COCCCCOc1ccc(Cl)cc1N. The minimum Gasteiger partial charge on any atom is -0.491 e. The lowest BCUT2D eigenvalue weighted by Gasteiger charge is -2.08. The van der Waals surface area contributed by atoms with Gasteiger partial charge in [0.2, 0.25) is 0 Å². The molecule has 4 heteroatoms. The average molecular weight is 230 g/mol. The first kappa shape index (κ1) is 12.1. The van der Waals surface area contributed by atoms with Gasteiger partial charge in [-0.3, -0.25) is 0 Å². The van der Waals surface area contributed by atoms with Gasteiger partial charge in [-0.05, 0) is 31.0 Å². The van der Waals surface area contributed by atoms with E-state index in [1.165, 1.54) is 0 Å². The van der Waals surface area contributed by atoms with E-state index >= 15 is 0 Å². The van der Waals surface area contributed by atoms with E-state index in [0.717, 1.165) is 19.4 Å². The minimum absolute atomic E-state index is 0.578.